The molecule has 1 fully saturated rings. The van der Waals surface area contributed by atoms with Gasteiger partial charge < -0.3 is 9.64 Å². The third kappa shape index (κ3) is 3.32. The normalized spacial score (nSPS) is 23.4. The molecular weight excluding hydrogens is 245 g/mol. The average molecular weight is 265 g/mol. The Bertz CT molecular complexity index is 450. The van der Waals surface area contributed by atoms with Crippen LogP contribution in [-0.2, 0) is 16.0 Å². The van der Waals surface area contributed by atoms with Crippen molar-refractivity contribution < 1.29 is 13.9 Å². The third-order valence-electron chi connectivity index (χ3n) is 3.77. The molecule has 0 aromatic heterocycles. The zero-order chi connectivity index (χ0) is 13.8. The summed E-state index contributed by atoms with van der Waals surface area (Å²) in [5.41, 5.74) is 0.602. The highest BCUT2D eigenvalue weighted by Gasteiger charge is 2.28. The van der Waals surface area contributed by atoms with Crippen LogP contribution in [0.15, 0.2) is 24.3 Å². The summed E-state index contributed by atoms with van der Waals surface area (Å²) in [6.45, 7) is 5.17. The lowest BCUT2D eigenvalue weighted by Crippen LogP contribution is -2.51. The van der Waals surface area contributed by atoms with E-state index in [1.54, 1.807) is 18.2 Å². The van der Waals surface area contributed by atoms with Crippen molar-refractivity contribution in [1.29, 1.82) is 0 Å². The molecule has 0 aliphatic carbocycles. The van der Waals surface area contributed by atoms with Gasteiger partial charge in [0.25, 0.3) is 0 Å². The lowest BCUT2D eigenvalue weighted by molar-refractivity contribution is -0.143. The SMILES string of the molecule is CC1OCCN(C(=O)CCc2ccccc2F)C1C. The first kappa shape index (κ1) is 14.0. The maximum Gasteiger partial charge on any atom is 0.223 e. The largest absolute Gasteiger partial charge is 0.375 e. The number of amides is 1. The van der Waals surface area contributed by atoms with Gasteiger partial charge in [0, 0.05) is 13.0 Å². The van der Waals surface area contributed by atoms with Crippen molar-refractivity contribution in [2.24, 2.45) is 0 Å². The van der Waals surface area contributed by atoms with Crippen LogP contribution in [0.25, 0.3) is 0 Å². The van der Waals surface area contributed by atoms with Gasteiger partial charge in [0.1, 0.15) is 5.82 Å². The summed E-state index contributed by atoms with van der Waals surface area (Å²) in [7, 11) is 0. The van der Waals surface area contributed by atoms with Crippen molar-refractivity contribution in [2.45, 2.75) is 38.8 Å². The molecule has 1 aliphatic rings. The maximum absolute atomic E-state index is 13.5. The Kier molecular flexibility index (Phi) is 4.53. The Morgan fingerprint density at radius 3 is 2.89 bits per heavy atom. The van der Waals surface area contributed by atoms with Gasteiger partial charge in [0.15, 0.2) is 0 Å². The minimum absolute atomic E-state index is 0.0613. The highest BCUT2D eigenvalue weighted by Crippen LogP contribution is 2.16. The zero-order valence-electron chi connectivity index (χ0n) is 11.4. The highest BCUT2D eigenvalue weighted by molar-refractivity contribution is 5.77. The first-order valence-corrected chi connectivity index (χ1v) is 6.74. The molecule has 1 heterocycles. The Hall–Kier alpha value is -1.42. The molecule has 2 rings (SSSR count). The molecule has 1 saturated heterocycles. The number of halogens is 1. The summed E-state index contributed by atoms with van der Waals surface area (Å²) < 4.78 is 19.0. The van der Waals surface area contributed by atoms with Crippen molar-refractivity contribution in [3.8, 4) is 0 Å². The second-order valence-electron chi connectivity index (χ2n) is 5.00. The van der Waals surface area contributed by atoms with E-state index in [9.17, 15) is 9.18 Å². The van der Waals surface area contributed by atoms with Crippen LogP contribution in [0.2, 0.25) is 0 Å². The number of carbonyl (C=O) groups excluding carboxylic acids is 1. The van der Waals surface area contributed by atoms with Crippen molar-refractivity contribution >= 4 is 5.91 Å². The fraction of sp³-hybridized carbons (Fsp3) is 0.533. The van der Waals surface area contributed by atoms with Gasteiger partial charge in [0.2, 0.25) is 5.91 Å². The molecule has 0 spiro atoms. The summed E-state index contributed by atoms with van der Waals surface area (Å²) in [6, 6.07) is 6.70. The minimum Gasteiger partial charge on any atom is -0.375 e. The maximum atomic E-state index is 13.5. The molecule has 0 bridgehead atoms. The van der Waals surface area contributed by atoms with Gasteiger partial charge in [-0.15, -0.1) is 0 Å². The molecule has 0 saturated carbocycles. The first-order chi connectivity index (χ1) is 9.09. The van der Waals surface area contributed by atoms with Crippen LogP contribution in [0.1, 0.15) is 25.8 Å². The molecule has 3 nitrogen and oxygen atoms in total. The van der Waals surface area contributed by atoms with Crippen LogP contribution in [0.4, 0.5) is 4.39 Å². The quantitative estimate of drug-likeness (QED) is 0.840. The summed E-state index contributed by atoms with van der Waals surface area (Å²) in [5.74, 6) is -0.162. The number of rotatable bonds is 3. The number of nitrogens with zero attached hydrogens (tertiary/aromatic N) is 1. The van der Waals surface area contributed by atoms with Crippen molar-refractivity contribution in [3.63, 3.8) is 0 Å². The van der Waals surface area contributed by atoms with Gasteiger partial charge in [-0.1, -0.05) is 18.2 Å². The van der Waals surface area contributed by atoms with E-state index in [2.05, 4.69) is 0 Å². The van der Waals surface area contributed by atoms with E-state index < -0.39 is 0 Å². The van der Waals surface area contributed by atoms with E-state index in [1.165, 1.54) is 6.07 Å². The lowest BCUT2D eigenvalue weighted by atomic mass is 10.1. The highest BCUT2D eigenvalue weighted by atomic mass is 19.1. The molecule has 0 radical (unpaired) electrons. The van der Waals surface area contributed by atoms with E-state index in [0.29, 0.717) is 31.6 Å². The number of morpholine rings is 1. The molecule has 0 N–H and O–H groups in total. The van der Waals surface area contributed by atoms with E-state index in [1.807, 2.05) is 18.7 Å². The van der Waals surface area contributed by atoms with Crippen LogP contribution in [-0.4, -0.2) is 36.1 Å². The van der Waals surface area contributed by atoms with Gasteiger partial charge >= 0.3 is 0 Å². The summed E-state index contributed by atoms with van der Waals surface area (Å²) in [4.78, 5) is 14.0. The van der Waals surface area contributed by atoms with Crippen molar-refractivity contribution in [1.82, 2.24) is 4.90 Å². The van der Waals surface area contributed by atoms with Gasteiger partial charge in [-0.25, -0.2) is 4.39 Å². The monoisotopic (exact) mass is 265 g/mol. The molecule has 1 aliphatic heterocycles. The van der Waals surface area contributed by atoms with Crippen molar-refractivity contribution in [2.75, 3.05) is 13.2 Å². The van der Waals surface area contributed by atoms with E-state index in [4.69, 9.17) is 4.74 Å². The fourth-order valence-electron chi connectivity index (χ4n) is 2.37. The Morgan fingerprint density at radius 1 is 1.42 bits per heavy atom. The van der Waals surface area contributed by atoms with Gasteiger partial charge in [-0.3, -0.25) is 4.79 Å². The number of benzene rings is 1. The molecule has 104 valence electrons. The molecule has 1 aromatic rings. The van der Waals surface area contributed by atoms with Crippen LogP contribution >= 0.6 is 0 Å². The smallest absolute Gasteiger partial charge is 0.223 e. The average Bonchev–Trinajstić information content (AvgIpc) is 2.40. The Balaban J connectivity index is 1.92. The van der Waals surface area contributed by atoms with Crippen LogP contribution in [0.3, 0.4) is 0 Å². The van der Waals surface area contributed by atoms with Crippen molar-refractivity contribution in [3.05, 3.63) is 35.6 Å². The second-order valence-corrected chi connectivity index (χ2v) is 5.00. The lowest BCUT2D eigenvalue weighted by Gasteiger charge is -2.38. The Morgan fingerprint density at radius 2 is 2.16 bits per heavy atom. The topological polar surface area (TPSA) is 29.5 Å². The summed E-state index contributed by atoms with van der Waals surface area (Å²) in [6.07, 6.45) is 0.855. The number of hydrogen-bond acceptors (Lipinski definition) is 2. The van der Waals surface area contributed by atoms with Gasteiger partial charge in [0.05, 0.1) is 18.8 Å². The van der Waals surface area contributed by atoms with Crippen LogP contribution in [0.5, 0.6) is 0 Å². The fourth-order valence-corrected chi connectivity index (χ4v) is 2.37. The number of ether oxygens (including phenoxy) is 1. The predicted octanol–water partition coefficient (Wildman–Crippen LogP) is 2.39. The molecule has 19 heavy (non-hydrogen) atoms. The zero-order valence-corrected chi connectivity index (χ0v) is 11.4. The van der Waals surface area contributed by atoms with Gasteiger partial charge in [-0.05, 0) is 31.9 Å². The standard InChI is InChI=1S/C15H20FNO2/c1-11-12(2)19-10-9-17(11)15(18)8-7-13-5-3-4-6-14(13)16/h3-6,11-12H,7-10H2,1-2H3. The number of aryl methyl sites for hydroxylation is 1. The molecule has 4 heteroatoms. The van der Waals surface area contributed by atoms with E-state index >= 15 is 0 Å². The number of carbonyl (C=O) groups is 1. The third-order valence-corrected chi connectivity index (χ3v) is 3.77. The second kappa shape index (κ2) is 6.15. The molecule has 2 unspecified atom stereocenters. The Labute approximate surface area is 113 Å². The predicted molar refractivity (Wildman–Crippen MR) is 71.3 cm³/mol. The molecular formula is C15H20FNO2. The summed E-state index contributed by atoms with van der Waals surface area (Å²) in [5, 5.41) is 0. The minimum atomic E-state index is -0.237. The molecule has 2 atom stereocenters. The first-order valence-electron chi connectivity index (χ1n) is 6.74. The molecule has 1 aromatic carbocycles. The van der Waals surface area contributed by atoms with E-state index in [-0.39, 0.29) is 23.9 Å². The van der Waals surface area contributed by atoms with Crippen LogP contribution in [0, 0.1) is 5.82 Å². The van der Waals surface area contributed by atoms with E-state index in [0.717, 1.165) is 0 Å². The summed E-state index contributed by atoms with van der Waals surface area (Å²) >= 11 is 0. The number of hydrogen-bond donors (Lipinski definition) is 0. The van der Waals surface area contributed by atoms with Gasteiger partial charge in [-0.2, -0.15) is 0 Å². The van der Waals surface area contributed by atoms with Crippen LogP contribution < -0.4 is 0 Å². The molecule has 1 amide bonds.